The summed E-state index contributed by atoms with van der Waals surface area (Å²) in [7, 11) is 0. The zero-order valence-electron chi connectivity index (χ0n) is 18.2. The lowest BCUT2D eigenvalue weighted by Gasteiger charge is -2.11. The Kier molecular flexibility index (Phi) is 12.7. The van der Waals surface area contributed by atoms with E-state index < -0.39 is 0 Å². The largest absolute Gasteiger partial charge is 0.376 e. The monoisotopic (exact) mass is 382 g/mol. The molecule has 0 bridgehead atoms. The van der Waals surface area contributed by atoms with Crippen LogP contribution in [-0.2, 0) is 14.2 Å². The highest BCUT2D eigenvalue weighted by molar-refractivity contribution is 4.92. The Hall–Kier alpha value is -0.120. The average molecular weight is 383 g/mol. The van der Waals surface area contributed by atoms with E-state index in [9.17, 15) is 0 Å². The van der Waals surface area contributed by atoms with E-state index in [0.717, 1.165) is 26.4 Å². The maximum absolute atomic E-state index is 5.71. The highest BCUT2D eigenvalue weighted by Crippen LogP contribution is 2.33. The van der Waals surface area contributed by atoms with Gasteiger partial charge in [0, 0.05) is 0 Å². The standard InChI is InChI=1S/C24H46O3/c1-2-3-4-5-6-7-8-9-10-11-12-13-14-15-16-17-18-24(22-27-24)21-25-19-23-20-26-23/h23H,2-22H2,1H3. The van der Waals surface area contributed by atoms with Crippen molar-refractivity contribution < 1.29 is 14.2 Å². The van der Waals surface area contributed by atoms with Gasteiger partial charge in [0.25, 0.3) is 0 Å². The molecule has 0 aromatic carbocycles. The number of hydrogen-bond donors (Lipinski definition) is 0. The van der Waals surface area contributed by atoms with Crippen LogP contribution >= 0.6 is 0 Å². The highest BCUT2D eigenvalue weighted by Gasteiger charge is 2.44. The van der Waals surface area contributed by atoms with Crippen LogP contribution in [-0.4, -0.2) is 38.1 Å². The van der Waals surface area contributed by atoms with Crippen LogP contribution in [0, 0.1) is 0 Å². The van der Waals surface area contributed by atoms with Gasteiger partial charge in [0.05, 0.1) is 26.4 Å². The quantitative estimate of drug-likeness (QED) is 0.161. The van der Waals surface area contributed by atoms with E-state index in [1.807, 2.05) is 0 Å². The maximum atomic E-state index is 5.71. The first-order valence-corrected chi connectivity index (χ1v) is 12.2. The second-order valence-corrected chi connectivity index (χ2v) is 9.00. The molecule has 2 fully saturated rings. The van der Waals surface area contributed by atoms with Gasteiger partial charge in [-0.25, -0.2) is 0 Å². The lowest BCUT2D eigenvalue weighted by atomic mass is 10.0. The van der Waals surface area contributed by atoms with Crippen LogP contribution in [0.25, 0.3) is 0 Å². The SMILES string of the molecule is CCCCCCCCCCCCCCCCCCC1(COCC2CO2)CO1. The summed E-state index contributed by atoms with van der Waals surface area (Å²) < 4.78 is 16.5. The van der Waals surface area contributed by atoms with Crippen LogP contribution < -0.4 is 0 Å². The third kappa shape index (κ3) is 12.9. The maximum Gasteiger partial charge on any atom is 0.115 e. The first-order chi connectivity index (χ1) is 13.3. The molecule has 0 aliphatic carbocycles. The molecule has 27 heavy (non-hydrogen) atoms. The lowest BCUT2D eigenvalue weighted by molar-refractivity contribution is 0.0637. The molecule has 0 amide bonds. The Bertz CT molecular complexity index is 337. The van der Waals surface area contributed by atoms with Gasteiger partial charge in [-0.1, -0.05) is 110 Å². The zero-order valence-corrected chi connectivity index (χ0v) is 18.2. The minimum atomic E-state index is 0.0743. The molecular weight excluding hydrogens is 336 g/mol. The second kappa shape index (κ2) is 14.8. The molecule has 0 aromatic rings. The van der Waals surface area contributed by atoms with Gasteiger partial charge in [0.1, 0.15) is 11.7 Å². The first kappa shape index (κ1) is 23.2. The predicted molar refractivity (Wildman–Crippen MR) is 113 cm³/mol. The Morgan fingerprint density at radius 1 is 0.741 bits per heavy atom. The predicted octanol–water partition coefficient (Wildman–Crippen LogP) is 6.82. The molecule has 0 radical (unpaired) electrons. The van der Waals surface area contributed by atoms with Crippen LogP contribution in [0.2, 0.25) is 0 Å². The van der Waals surface area contributed by atoms with Gasteiger partial charge in [0.15, 0.2) is 0 Å². The molecule has 2 rings (SSSR count). The summed E-state index contributed by atoms with van der Waals surface area (Å²) in [6.07, 6.45) is 24.4. The third-order valence-electron chi connectivity index (χ3n) is 6.11. The smallest absolute Gasteiger partial charge is 0.115 e. The van der Waals surface area contributed by atoms with Gasteiger partial charge in [-0.15, -0.1) is 0 Å². The van der Waals surface area contributed by atoms with E-state index in [0.29, 0.717) is 6.10 Å². The lowest BCUT2D eigenvalue weighted by Crippen LogP contribution is -2.21. The molecule has 0 N–H and O–H groups in total. The molecule has 2 aliphatic heterocycles. The molecule has 3 heteroatoms. The molecule has 2 unspecified atom stereocenters. The summed E-state index contributed by atoms with van der Waals surface area (Å²) in [5.41, 5.74) is 0.0743. The summed E-state index contributed by atoms with van der Waals surface area (Å²) in [5.74, 6) is 0. The number of unbranched alkanes of at least 4 members (excludes halogenated alkanes) is 15. The van der Waals surface area contributed by atoms with Gasteiger partial charge in [-0.05, 0) is 6.42 Å². The number of ether oxygens (including phenoxy) is 3. The molecule has 2 heterocycles. The van der Waals surface area contributed by atoms with Gasteiger partial charge in [-0.2, -0.15) is 0 Å². The average Bonchev–Trinajstić information content (AvgIpc) is 3.59. The van der Waals surface area contributed by atoms with E-state index >= 15 is 0 Å². The molecule has 2 saturated heterocycles. The Labute approximate surface area is 168 Å². The number of rotatable bonds is 21. The number of hydrogen-bond acceptors (Lipinski definition) is 3. The molecule has 0 saturated carbocycles. The third-order valence-corrected chi connectivity index (χ3v) is 6.11. The molecule has 2 atom stereocenters. The Balaban J connectivity index is 1.23. The van der Waals surface area contributed by atoms with Gasteiger partial charge < -0.3 is 14.2 Å². The van der Waals surface area contributed by atoms with Crippen molar-refractivity contribution >= 4 is 0 Å². The van der Waals surface area contributed by atoms with Crippen molar-refractivity contribution in [2.24, 2.45) is 0 Å². The molecule has 160 valence electrons. The van der Waals surface area contributed by atoms with Crippen molar-refractivity contribution in [3.63, 3.8) is 0 Å². The summed E-state index contributed by atoms with van der Waals surface area (Å²) in [4.78, 5) is 0. The topological polar surface area (TPSA) is 34.3 Å². The first-order valence-electron chi connectivity index (χ1n) is 12.2. The fourth-order valence-corrected chi connectivity index (χ4v) is 3.94. The summed E-state index contributed by atoms with van der Waals surface area (Å²) in [6.45, 7) is 5.60. The van der Waals surface area contributed by atoms with Crippen LogP contribution in [0.15, 0.2) is 0 Å². The van der Waals surface area contributed by atoms with E-state index in [1.54, 1.807) is 0 Å². The summed E-state index contributed by atoms with van der Waals surface area (Å²) >= 11 is 0. The van der Waals surface area contributed by atoms with E-state index in [1.165, 1.54) is 109 Å². The van der Waals surface area contributed by atoms with Crippen LogP contribution in [0.4, 0.5) is 0 Å². The van der Waals surface area contributed by atoms with Crippen molar-refractivity contribution in [1.82, 2.24) is 0 Å². The van der Waals surface area contributed by atoms with Crippen LogP contribution in [0.5, 0.6) is 0 Å². The van der Waals surface area contributed by atoms with E-state index in [4.69, 9.17) is 14.2 Å². The summed E-state index contributed by atoms with van der Waals surface area (Å²) in [5, 5.41) is 0. The summed E-state index contributed by atoms with van der Waals surface area (Å²) in [6, 6.07) is 0. The van der Waals surface area contributed by atoms with Crippen molar-refractivity contribution in [2.75, 3.05) is 26.4 Å². The minimum Gasteiger partial charge on any atom is -0.376 e. The number of epoxide rings is 2. The van der Waals surface area contributed by atoms with E-state index in [-0.39, 0.29) is 5.60 Å². The normalized spacial score (nSPS) is 23.7. The Morgan fingerprint density at radius 2 is 1.19 bits per heavy atom. The molecule has 2 aliphatic rings. The Morgan fingerprint density at radius 3 is 1.59 bits per heavy atom. The zero-order chi connectivity index (χ0) is 19.0. The van der Waals surface area contributed by atoms with Gasteiger partial charge in [0.2, 0.25) is 0 Å². The highest BCUT2D eigenvalue weighted by atomic mass is 16.6. The minimum absolute atomic E-state index is 0.0743. The van der Waals surface area contributed by atoms with Crippen LogP contribution in [0.1, 0.15) is 116 Å². The van der Waals surface area contributed by atoms with Gasteiger partial charge in [-0.3, -0.25) is 0 Å². The second-order valence-electron chi connectivity index (χ2n) is 9.00. The van der Waals surface area contributed by atoms with Crippen molar-refractivity contribution in [3.05, 3.63) is 0 Å². The molecule has 0 spiro atoms. The molecule has 3 nitrogen and oxygen atoms in total. The van der Waals surface area contributed by atoms with Crippen molar-refractivity contribution in [3.8, 4) is 0 Å². The molecular formula is C24H46O3. The fourth-order valence-electron chi connectivity index (χ4n) is 3.94. The van der Waals surface area contributed by atoms with Crippen molar-refractivity contribution in [1.29, 1.82) is 0 Å². The van der Waals surface area contributed by atoms with Crippen molar-refractivity contribution in [2.45, 2.75) is 128 Å². The van der Waals surface area contributed by atoms with Crippen LogP contribution in [0.3, 0.4) is 0 Å². The fraction of sp³-hybridized carbons (Fsp3) is 1.00. The van der Waals surface area contributed by atoms with E-state index in [2.05, 4.69) is 6.92 Å². The van der Waals surface area contributed by atoms with Gasteiger partial charge >= 0.3 is 0 Å². The molecule has 0 aromatic heterocycles.